The largest absolute Gasteiger partial charge is 0.468 e. The van der Waals surface area contributed by atoms with E-state index in [2.05, 4.69) is 16.0 Å². The van der Waals surface area contributed by atoms with Crippen molar-refractivity contribution in [3.05, 3.63) is 69.3 Å². The van der Waals surface area contributed by atoms with Gasteiger partial charge in [0.2, 0.25) is 0 Å². The van der Waals surface area contributed by atoms with Gasteiger partial charge in [-0.1, -0.05) is 47.5 Å². The van der Waals surface area contributed by atoms with Crippen molar-refractivity contribution in [2.24, 2.45) is 5.92 Å². The van der Waals surface area contributed by atoms with Gasteiger partial charge in [0.1, 0.15) is 5.92 Å². The van der Waals surface area contributed by atoms with E-state index in [1.807, 2.05) is 30.3 Å². The Kier molecular flexibility index (Phi) is 4.85. The predicted octanol–water partition coefficient (Wildman–Crippen LogP) is 4.70. The average molecular weight is 443 g/mol. The number of carbonyl (C=O) groups excluding carboxylic acids is 2. The molecule has 0 aliphatic carbocycles. The number of esters is 1. The molecular weight excluding hydrogens is 423 g/mol. The van der Waals surface area contributed by atoms with E-state index in [1.165, 1.54) is 12.7 Å². The van der Waals surface area contributed by atoms with E-state index in [4.69, 9.17) is 27.9 Å². The zero-order valence-electron chi connectivity index (χ0n) is 16.3. The number of hydrogen-bond acceptors (Lipinski definition) is 4. The number of halogens is 2. The first-order chi connectivity index (χ1) is 14.5. The molecule has 0 radical (unpaired) electrons. The fourth-order valence-corrected chi connectivity index (χ4v) is 5.25. The van der Waals surface area contributed by atoms with E-state index in [1.54, 1.807) is 6.07 Å². The lowest BCUT2D eigenvalue weighted by Gasteiger charge is -2.46. The van der Waals surface area contributed by atoms with Gasteiger partial charge < -0.3 is 9.72 Å². The van der Waals surface area contributed by atoms with E-state index >= 15 is 0 Å². The van der Waals surface area contributed by atoms with Crippen molar-refractivity contribution in [3.63, 3.8) is 0 Å². The van der Waals surface area contributed by atoms with Crippen molar-refractivity contribution < 1.29 is 14.3 Å². The predicted molar refractivity (Wildman–Crippen MR) is 116 cm³/mol. The quantitative estimate of drug-likeness (QED) is 0.471. The second-order valence-electron chi connectivity index (χ2n) is 7.93. The van der Waals surface area contributed by atoms with Crippen molar-refractivity contribution in [2.75, 3.05) is 7.11 Å². The van der Waals surface area contributed by atoms with Gasteiger partial charge in [0, 0.05) is 23.1 Å². The monoisotopic (exact) mass is 442 g/mol. The van der Waals surface area contributed by atoms with Gasteiger partial charge >= 0.3 is 5.97 Å². The molecule has 3 heterocycles. The van der Waals surface area contributed by atoms with Crippen LogP contribution in [0.5, 0.6) is 0 Å². The van der Waals surface area contributed by atoms with Gasteiger partial charge in [0.15, 0.2) is 5.78 Å². The van der Waals surface area contributed by atoms with Gasteiger partial charge in [-0.2, -0.15) is 0 Å². The molecule has 0 spiro atoms. The Bertz CT molecular complexity index is 1170. The lowest BCUT2D eigenvalue weighted by Crippen LogP contribution is -2.56. The number of piperidine rings is 1. The number of benzene rings is 2. The minimum absolute atomic E-state index is 0.0749. The molecule has 1 saturated heterocycles. The summed E-state index contributed by atoms with van der Waals surface area (Å²) in [5.74, 6) is -1.27. The molecule has 2 aliphatic heterocycles. The van der Waals surface area contributed by atoms with Crippen LogP contribution >= 0.6 is 23.2 Å². The minimum atomic E-state index is -0.741. The smallest absolute Gasteiger partial charge is 0.316 e. The summed E-state index contributed by atoms with van der Waals surface area (Å²) in [5, 5.41) is 2.13. The van der Waals surface area contributed by atoms with E-state index in [-0.39, 0.29) is 11.8 Å². The number of para-hydroxylation sites is 1. The lowest BCUT2D eigenvalue weighted by atomic mass is 9.76. The Morgan fingerprint density at radius 2 is 1.97 bits per heavy atom. The second-order valence-corrected chi connectivity index (χ2v) is 8.75. The third-order valence-electron chi connectivity index (χ3n) is 6.34. The molecule has 2 bridgehead atoms. The molecule has 1 aromatic heterocycles. The van der Waals surface area contributed by atoms with E-state index in [0.29, 0.717) is 29.4 Å². The Balaban J connectivity index is 1.60. The van der Waals surface area contributed by atoms with Crippen LogP contribution in [0.2, 0.25) is 10.0 Å². The molecule has 1 fully saturated rings. The topological polar surface area (TPSA) is 62.4 Å². The Labute approximate surface area is 183 Å². The number of carbonyl (C=O) groups is 2. The maximum atomic E-state index is 13.3. The zero-order chi connectivity index (χ0) is 21.0. The minimum Gasteiger partial charge on any atom is -0.468 e. The summed E-state index contributed by atoms with van der Waals surface area (Å²) in [6.07, 6.45) is 0.951. The normalized spacial score (nSPS) is 23.4. The molecule has 1 unspecified atom stereocenters. The van der Waals surface area contributed by atoms with Gasteiger partial charge in [0.25, 0.3) is 0 Å². The summed E-state index contributed by atoms with van der Waals surface area (Å²) in [4.78, 5) is 31.4. The number of Topliss-reactive ketones (excluding diaryl/α,β-unsaturated/α-hetero) is 1. The van der Waals surface area contributed by atoms with Crippen LogP contribution in [0.4, 0.5) is 0 Å². The van der Waals surface area contributed by atoms with Crippen LogP contribution in [0.3, 0.4) is 0 Å². The van der Waals surface area contributed by atoms with E-state index < -0.39 is 17.9 Å². The molecule has 7 heteroatoms. The molecule has 5 rings (SSSR count). The summed E-state index contributed by atoms with van der Waals surface area (Å²) in [6, 6.07) is 13.2. The molecule has 1 N–H and O–H groups in total. The van der Waals surface area contributed by atoms with Gasteiger partial charge in [0.05, 0.1) is 29.2 Å². The Morgan fingerprint density at radius 1 is 1.17 bits per heavy atom. The Hall–Kier alpha value is -2.34. The number of nitrogens with zero attached hydrogens (tertiary/aromatic N) is 1. The van der Waals surface area contributed by atoms with Crippen LogP contribution in [0, 0.1) is 5.92 Å². The van der Waals surface area contributed by atoms with Gasteiger partial charge in [-0.05, 0) is 42.2 Å². The fourth-order valence-electron chi connectivity index (χ4n) is 4.93. The number of ketones is 1. The first kappa shape index (κ1) is 19.6. The number of fused-ring (bicyclic) bond motifs is 6. The molecule has 30 heavy (non-hydrogen) atoms. The van der Waals surface area contributed by atoms with Crippen LogP contribution in [0.1, 0.15) is 29.3 Å². The first-order valence-corrected chi connectivity index (χ1v) is 10.6. The molecule has 5 nitrogen and oxygen atoms in total. The SMILES string of the molecule is COC(=O)C1C[C@H]2c3[nH]c4ccccc4c3C[C@@H](C1=O)N2Cc1ccc(Cl)c(Cl)c1. The number of hydrogen-bond donors (Lipinski definition) is 1. The average Bonchev–Trinajstić information content (AvgIpc) is 3.11. The second kappa shape index (κ2) is 7.41. The first-order valence-electron chi connectivity index (χ1n) is 9.88. The molecular formula is C23H20Cl2N2O3. The third-order valence-corrected chi connectivity index (χ3v) is 7.08. The number of rotatable bonds is 3. The number of aromatic nitrogens is 1. The summed E-state index contributed by atoms with van der Waals surface area (Å²) in [5.41, 5.74) is 4.27. The maximum absolute atomic E-state index is 13.3. The summed E-state index contributed by atoms with van der Waals surface area (Å²) < 4.78 is 4.93. The van der Waals surface area contributed by atoms with Crippen molar-refractivity contribution in [3.8, 4) is 0 Å². The maximum Gasteiger partial charge on any atom is 0.316 e. The van der Waals surface area contributed by atoms with Crippen molar-refractivity contribution in [2.45, 2.75) is 31.5 Å². The highest BCUT2D eigenvalue weighted by Gasteiger charge is 2.50. The van der Waals surface area contributed by atoms with Gasteiger partial charge in [-0.3, -0.25) is 14.5 Å². The van der Waals surface area contributed by atoms with Gasteiger partial charge in [-0.15, -0.1) is 0 Å². The molecule has 3 atom stereocenters. The fraction of sp³-hybridized carbons (Fsp3) is 0.304. The number of methoxy groups -OCH3 is 1. The number of aromatic amines is 1. The highest BCUT2D eigenvalue weighted by atomic mass is 35.5. The molecule has 2 aromatic carbocycles. The highest BCUT2D eigenvalue weighted by molar-refractivity contribution is 6.42. The van der Waals surface area contributed by atoms with Crippen molar-refractivity contribution in [1.82, 2.24) is 9.88 Å². The lowest BCUT2D eigenvalue weighted by molar-refractivity contribution is -0.156. The van der Waals surface area contributed by atoms with Crippen molar-refractivity contribution >= 4 is 45.9 Å². The molecule has 154 valence electrons. The summed E-state index contributed by atoms with van der Waals surface area (Å²) in [7, 11) is 1.34. The molecule has 0 saturated carbocycles. The molecule has 0 amide bonds. The zero-order valence-corrected chi connectivity index (χ0v) is 17.8. The summed E-state index contributed by atoms with van der Waals surface area (Å²) in [6.45, 7) is 0.542. The van der Waals surface area contributed by atoms with Crippen LogP contribution < -0.4 is 0 Å². The van der Waals surface area contributed by atoms with Crippen LogP contribution in [-0.2, 0) is 27.3 Å². The van der Waals surface area contributed by atoms with Crippen molar-refractivity contribution in [1.29, 1.82) is 0 Å². The molecule has 2 aliphatic rings. The number of ether oxygens (including phenoxy) is 1. The van der Waals surface area contributed by atoms with Gasteiger partial charge in [-0.25, -0.2) is 0 Å². The van der Waals surface area contributed by atoms with Crippen LogP contribution in [0.25, 0.3) is 10.9 Å². The highest BCUT2D eigenvalue weighted by Crippen LogP contribution is 2.45. The van der Waals surface area contributed by atoms with Crippen LogP contribution in [-0.4, -0.2) is 34.8 Å². The third kappa shape index (κ3) is 3.04. The van der Waals surface area contributed by atoms with E-state index in [9.17, 15) is 9.59 Å². The van der Waals surface area contributed by atoms with Crippen LogP contribution in [0.15, 0.2) is 42.5 Å². The molecule has 3 aromatic rings. The summed E-state index contributed by atoms with van der Waals surface area (Å²) >= 11 is 12.3. The number of H-pyrrole nitrogens is 1. The Morgan fingerprint density at radius 3 is 2.73 bits per heavy atom. The van der Waals surface area contributed by atoms with E-state index in [0.717, 1.165) is 22.2 Å². The number of nitrogens with one attached hydrogen (secondary N) is 1. The standard InChI is InChI=1S/C23H20Cl2N2O3/c1-30-23(29)15-10-19-21-14(13-4-2-3-5-18(13)26-21)9-20(22(15)28)27(19)11-12-6-7-16(24)17(25)8-12/h2-8,15,19-20,26H,9-11H2,1H3/t15?,19-,20-/m0/s1.